The molecule has 6 nitrogen and oxygen atoms in total. The highest BCUT2D eigenvalue weighted by molar-refractivity contribution is 5.83. The number of benzene rings is 2. The van der Waals surface area contributed by atoms with Crippen LogP contribution in [0.5, 0.6) is 17.2 Å². The van der Waals surface area contributed by atoms with E-state index in [9.17, 15) is 4.79 Å². The van der Waals surface area contributed by atoms with Crippen molar-refractivity contribution in [2.75, 3.05) is 20.3 Å². The minimum Gasteiger partial charge on any atom is -0.493 e. The maximum Gasteiger partial charge on any atom is 0.277 e. The van der Waals surface area contributed by atoms with E-state index in [0.717, 1.165) is 18.4 Å². The maximum atomic E-state index is 12.1. The molecular weight excluding hydrogens is 416 g/mol. The predicted molar refractivity (Wildman–Crippen MR) is 134 cm³/mol. The molecule has 0 aliphatic carbocycles. The van der Waals surface area contributed by atoms with E-state index in [0.29, 0.717) is 23.9 Å². The molecule has 0 aliphatic heterocycles. The van der Waals surface area contributed by atoms with Gasteiger partial charge in [0.1, 0.15) is 5.75 Å². The fraction of sp³-hybridized carbons (Fsp3) is 0.481. The average molecular weight is 455 g/mol. The molecule has 0 atom stereocenters. The number of nitrogens with one attached hydrogen (secondary N) is 1. The number of nitrogens with zero attached hydrogens (tertiary/aromatic N) is 1. The van der Waals surface area contributed by atoms with Crippen LogP contribution in [0, 0.1) is 5.41 Å². The van der Waals surface area contributed by atoms with E-state index < -0.39 is 0 Å². The second-order valence-corrected chi connectivity index (χ2v) is 9.99. The van der Waals surface area contributed by atoms with Gasteiger partial charge < -0.3 is 14.2 Å². The van der Waals surface area contributed by atoms with E-state index in [1.54, 1.807) is 19.4 Å². The van der Waals surface area contributed by atoms with E-state index in [-0.39, 0.29) is 23.3 Å². The summed E-state index contributed by atoms with van der Waals surface area (Å²) in [5, 5.41) is 4.00. The first-order valence-corrected chi connectivity index (χ1v) is 11.4. The average Bonchev–Trinajstić information content (AvgIpc) is 2.75. The molecular formula is C27H38N2O4. The lowest BCUT2D eigenvalue weighted by Crippen LogP contribution is -2.25. The quantitative estimate of drug-likeness (QED) is 0.348. The first kappa shape index (κ1) is 26.2. The summed E-state index contributed by atoms with van der Waals surface area (Å²) in [5.74, 6) is 1.62. The molecule has 33 heavy (non-hydrogen) atoms. The lowest BCUT2D eigenvalue weighted by atomic mass is 9.72. The van der Waals surface area contributed by atoms with Crippen molar-refractivity contribution in [3.8, 4) is 17.2 Å². The highest BCUT2D eigenvalue weighted by Gasteiger charge is 2.27. The molecule has 180 valence electrons. The first-order valence-electron chi connectivity index (χ1n) is 11.4. The normalized spacial score (nSPS) is 12.0. The van der Waals surface area contributed by atoms with Crippen LogP contribution in [-0.2, 0) is 10.2 Å². The van der Waals surface area contributed by atoms with E-state index in [1.165, 1.54) is 5.56 Å². The number of carbonyl (C=O) groups is 1. The van der Waals surface area contributed by atoms with Crippen molar-refractivity contribution in [1.82, 2.24) is 5.43 Å². The van der Waals surface area contributed by atoms with Crippen molar-refractivity contribution in [1.29, 1.82) is 0 Å². The van der Waals surface area contributed by atoms with Gasteiger partial charge in [0.05, 0.1) is 19.9 Å². The van der Waals surface area contributed by atoms with Crippen molar-refractivity contribution in [3.05, 3.63) is 53.6 Å². The number of hydrogen-bond donors (Lipinski definition) is 1. The summed E-state index contributed by atoms with van der Waals surface area (Å²) in [6.45, 7) is 13.8. The van der Waals surface area contributed by atoms with Gasteiger partial charge in [0.2, 0.25) is 0 Å². The van der Waals surface area contributed by atoms with Crippen LogP contribution in [0.15, 0.2) is 47.6 Å². The number of rotatable bonds is 11. The van der Waals surface area contributed by atoms with Gasteiger partial charge >= 0.3 is 0 Å². The highest BCUT2D eigenvalue weighted by atomic mass is 16.5. The van der Waals surface area contributed by atoms with Gasteiger partial charge in [0, 0.05) is 0 Å². The number of hydrogen-bond acceptors (Lipinski definition) is 5. The zero-order valence-electron chi connectivity index (χ0n) is 21.0. The Kier molecular flexibility index (Phi) is 9.32. The Hall–Kier alpha value is -3.02. The minimum absolute atomic E-state index is 0.0614. The third-order valence-corrected chi connectivity index (χ3v) is 5.03. The summed E-state index contributed by atoms with van der Waals surface area (Å²) in [4.78, 5) is 12.1. The molecule has 0 heterocycles. The van der Waals surface area contributed by atoms with E-state index in [4.69, 9.17) is 14.2 Å². The molecule has 1 N–H and O–H groups in total. The van der Waals surface area contributed by atoms with Crippen molar-refractivity contribution in [2.45, 2.75) is 59.8 Å². The third-order valence-electron chi connectivity index (χ3n) is 5.03. The van der Waals surface area contributed by atoms with Crippen LogP contribution < -0.4 is 19.6 Å². The molecule has 6 heteroatoms. The van der Waals surface area contributed by atoms with Crippen LogP contribution in [-0.4, -0.2) is 32.4 Å². The molecule has 0 fully saturated rings. The van der Waals surface area contributed by atoms with Gasteiger partial charge in [-0.2, -0.15) is 5.10 Å². The Labute approximate surface area is 198 Å². The molecule has 0 aliphatic rings. The Morgan fingerprint density at radius 3 is 2.30 bits per heavy atom. The second-order valence-electron chi connectivity index (χ2n) is 9.99. The molecule has 0 bridgehead atoms. The summed E-state index contributed by atoms with van der Waals surface area (Å²) < 4.78 is 16.6. The topological polar surface area (TPSA) is 69.2 Å². The SMILES string of the molecule is CCCOc1ccc(/C=N\NC(=O)COc2ccc(C(C)(C)CC(C)(C)C)cc2)cc1OC. The summed E-state index contributed by atoms with van der Waals surface area (Å²) >= 11 is 0. The van der Waals surface area contributed by atoms with Gasteiger partial charge in [0.25, 0.3) is 5.91 Å². The van der Waals surface area contributed by atoms with Crippen LogP contribution in [0.3, 0.4) is 0 Å². The van der Waals surface area contributed by atoms with Gasteiger partial charge in [-0.05, 0) is 65.1 Å². The monoisotopic (exact) mass is 454 g/mol. The van der Waals surface area contributed by atoms with E-state index >= 15 is 0 Å². The van der Waals surface area contributed by atoms with E-state index in [1.807, 2.05) is 31.2 Å². The second kappa shape index (κ2) is 11.7. The van der Waals surface area contributed by atoms with Crippen molar-refractivity contribution in [3.63, 3.8) is 0 Å². The van der Waals surface area contributed by atoms with Crippen molar-refractivity contribution in [2.24, 2.45) is 10.5 Å². The molecule has 2 aromatic rings. The zero-order valence-corrected chi connectivity index (χ0v) is 21.0. The summed E-state index contributed by atoms with van der Waals surface area (Å²) in [6.07, 6.45) is 3.54. The minimum atomic E-state index is -0.335. The molecule has 0 spiro atoms. The number of amides is 1. The number of methoxy groups -OCH3 is 1. The summed E-state index contributed by atoms with van der Waals surface area (Å²) in [5.41, 5.74) is 4.82. The van der Waals surface area contributed by atoms with E-state index in [2.05, 4.69) is 57.3 Å². The Bertz CT molecular complexity index is 928. The van der Waals surface area contributed by atoms with Gasteiger partial charge in [0.15, 0.2) is 18.1 Å². The number of hydrazone groups is 1. The lowest BCUT2D eigenvalue weighted by Gasteiger charge is -2.33. The number of carbonyl (C=O) groups excluding carboxylic acids is 1. The smallest absolute Gasteiger partial charge is 0.277 e. The third kappa shape index (κ3) is 8.79. The summed E-state index contributed by atoms with van der Waals surface area (Å²) in [7, 11) is 1.59. The molecule has 0 radical (unpaired) electrons. The van der Waals surface area contributed by atoms with Crippen LogP contribution >= 0.6 is 0 Å². The molecule has 0 saturated heterocycles. The summed E-state index contributed by atoms with van der Waals surface area (Å²) in [6, 6.07) is 13.4. The fourth-order valence-electron chi connectivity index (χ4n) is 3.89. The molecule has 0 unspecified atom stereocenters. The zero-order chi connectivity index (χ0) is 24.5. The Balaban J connectivity index is 1.86. The predicted octanol–water partition coefficient (Wildman–Crippen LogP) is 5.73. The molecule has 1 amide bonds. The van der Waals surface area contributed by atoms with Gasteiger partial charge in [-0.1, -0.05) is 53.7 Å². The van der Waals surface area contributed by atoms with Crippen LogP contribution in [0.2, 0.25) is 0 Å². The Morgan fingerprint density at radius 2 is 1.70 bits per heavy atom. The number of ether oxygens (including phenoxy) is 3. The largest absolute Gasteiger partial charge is 0.493 e. The van der Waals surface area contributed by atoms with Crippen molar-refractivity contribution < 1.29 is 19.0 Å². The maximum absolute atomic E-state index is 12.1. The van der Waals surface area contributed by atoms with Gasteiger partial charge in [-0.3, -0.25) is 4.79 Å². The first-order chi connectivity index (χ1) is 15.5. The van der Waals surface area contributed by atoms with Crippen LogP contribution in [0.25, 0.3) is 0 Å². The van der Waals surface area contributed by atoms with Crippen LogP contribution in [0.1, 0.15) is 65.5 Å². The van der Waals surface area contributed by atoms with Gasteiger partial charge in [-0.15, -0.1) is 0 Å². The fourth-order valence-corrected chi connectivity index (χ4v) is 3.89. The highest BCUT2D eigenvalue weighted by Crippen LogP contribution is 2.36. The molecule has 0 aromatic heterocycles. The Morgan fingerprint density at radius 1 is 1.00 bits per heavy atom. The molecule has 2 rings (SSSR count). The van der Waals surface area contributed by atoms with Crippen molar-refractivity contribution >= 4 is 12.1 Å². The van der Waals surface area contributed by atoms with Gasteiger partial charge in [-0.25, -0.2) is 5.43 Å². The molecule has 0 saturated carbocycles. The standard InChI is InChI=1S/C27H38N2O4/c1-8-15-32-23-14-9-20(16-24(23)31-7)17-28-29-25(30)18-33-22-12-10-21(11-13-22)27(5,6)19-26(2,3)4/h9-14,16-17H,8,15,18-19H2,1-7H3,(H,29,30)/b28-17-. The molecule has 2 aromatic carbocycles. The lowest BCUT2D eigenvalue weighted by molar-refractivity contribution is -0.123. The van der Waals surface area contributed by atoms with Crippen LogP contribution in [0.4, 0.5) is 0 Å².